The van der Waals surface area contributed by atoms with Gasteiger partial charge in [-0.25, -0.2) is 22.2 Å². The lowest BCUT2D eigenvalue weighted by Crippen LogP contribution is -2.35. The summed E-state index contributed by atoms with van der Waals surface area (Å²) in [5.74, 6) is -3.90. The fraction of sp³-hybridized carbons (Fsp3) is 0.351. The van der Waals surface area contributed by atoms with Crippen molar-refractivity contribution in [1.82, 2.24) is 29.9 Å². The van der Waals surface area contributed by atoms with Gasteiger partial charge in [-0.3, -0.25) is 18.9 Å². The highest BCUT2D eigenvalue weighted by Gasteiger charge is 2.68. The fourth-order valence-corrected chi connectivity index (χ4v) is 8.02. The summed E-state index contributed by atoms with van der Waals surface area (Å²) in [6.07, 6.45) is -5.51. The lowest BCUT2D eigenvalue weighted by atomic mass is 9.93. The van der Waals surface area contributed by atoms with Crippen LogP contribution in [-0.4, -0.2) is 56.3 Å². The van der Waals surface area contributed by atoms with E-state index in [1.54, 1.807) is 13.0 Å². The molecule has 0 radical (unpaired) electrons. The predicted octanol–water partition coefficient (Wildman–Crippen LogP) is 6.59. The molecule has 3 N–H and O–H groups in total. The number of anilines is 1. The number of amides is 1. The minimum absolute atomic E-state index is 0.00386. The minimum Gasteiger partial charge on any atom is -0.380 e. The van der Waals surface area contributed by atoms with Crippen molar-refractivity contribution in [3.05, 3.63) is 93.0 Å². The van der Waals surface area contributed by atoms with Crippen LogP contribution in [0.25, 0.3) is 22.0 Å². The molecule has 1 amide bonds. The smallest absolute Gasteiger partial charge is 0.380 e. The fourth-order valence-electron chi connectivity index (χ4n) is 7.29. The summed E-state index contributed by atoms with van der Waals surface area (Å²) in [6.45, 7) is 0.593. The highest BCUT2D eigenvalue weighted by Crippen LogP contribution is 2.68. The van der Waals surface area contributed by atoms with Gasteiger partial charge in [0.15, 0.2) is 11.5 Å². The van der Waals surface area contributed by atoms with Crippen molar-refractivity contribution in [2.45, 2.75) is 62.9 Å². The molecule has 0 saturated heterocycles. The Bertz CT molecular complexity index is 2620. The molecule has 20 heteroatoms. The highest BCUT2D eigenvalue weighted by atomic mass is 35.5. The Balaban J connectivity index is 1.38. The van der Waals surface area contributed by atoms with Crippen LogP contribution in [0.5, 0.6) is 0 Å². The van der Waals surface area contributed by atoms with Crippen molar-refractivity contribution in [1.29, 1.82) is 0 Å². The lowest BCUT2D eigenvalue weighted by Gasteiger charge is -2.23. The zero-order valence-electron chi connectivity index (χ0n) is 30.0. The van der Waals surface area contributed by atoms with Crippen LogP contribution in [-0.2, 0) is 46.9 Å². The van der Waals surface area contributed by atoms with Crippen LogP contribution in [0.15, 0.2) is 42.5 Å². The van der Waals surface area contributed by atoms with E-state index in [0.29, 0.717) is 16.3 Å². The monoisotopic (exact) mass is 837 g/mol. The second-order valence-corrected chi connectivity index (χ2v) is 16.1. The van der Waals surface area contributed by atoms with E-state index in [4.69, 9.17) is 11.6 Å². The molecule has 0 aliphatic heterocycles. The molecule has 1 saturated carbocycles. The average molecular weight is 838 g/mol. The van der Waals surface area contributed by atoms with Gasteiger partial charge in [0.05, 0.1) is 33.9 Å². The standard InChI is InChI=1S/C37H31ClF7N7O4S/c1-4-21(53)7-5-20-6-8-22(23-9-10-26(38)30-32(23)51(2)49-35(30)50-57(3,55)56)31(46-20)27(13-17-11-18(39)14-19(40)12-17)47-28(54)16-52-34-29(33(48-52)37(43,44)45)24-15-25(24)36(34,41)42/h6,8-12,14,21,24-25,27,53H,4,13,15-16H2,1-3H3,(H,47,54)(H,49,50)/t21?,24-,25+,27-/m0/s1. The van der Waals surface area contributed by atoms with E-state index in [0.717, 1.165) is 18.4 Å². The van der Waals surface area contributed by atoms with E-state index in [2.05, 4.69) is 37.1 Å². The second-order valence-electron chi connectivity index (χ2n) is 13.9. The molecule has 7 rings (SSSR count). The summed E-state index contributed by atoms with van der Waals surface area (Å²) in [5.41, 5.74) is -2.32. The number of nitrogens with zero attached hydrogens (tertiary/aromatic N) is 5. The third-order valence-corrected chi connectivity index (χ3v) is 10.6. The van der Waals surface area contributed by atoms with Crippen molar-refractivity contribution in [3.63, 3.8) is 0 Å². The second kappa shape index (κ2) is 14.3. The maximum absolute atomic E-state index is 15.4. The molecular formula is C37H31ClF7N7O4S. The van der Waals surface area contributed by atoms with Gasteiger partial charge >= 0.3 is 6.18 Å². The number of carbonyl (C=O) groups excluding carboxylic acids is 1. The summed E-state index contributed by atoms with van der Waals surface area (Å²) in [4.78, 5) is 18.5. The first-order valence-electron chi connectivity index (χ1n) is 17.3. The molecule has 3 heterocycles. The van der Waals surface area contributed by atoms with Crippen molar-refractivity contribution in [2.75, 3.05) is 11.0 Å². The van der Waals surface area contributed by atoms with Crippen LogP contribution in [0.4, 0.5) is 36.6 Å². The number of pyridine rings is 1. The molecule has 300 valence electrons. The Morgan fingerprint density at radius 3 is 2.44 bits per heavy atom. The maximum atomic E-state index is 15.4. The van der Waals surface area contributed by atoms with E-state index in [9.17, 15) is 40.3 Å². The van der Waals surface area contributed by atoms with E-state index >= 15 is 8.78 Å². The molecule has 1 fully saturated rings. The van der Waals surface area contributed by atoms with Gasteiger partial charge in [0.25, 0.3) is 5.92 Å². The molecule has 4 atom stereocenters. The topological polar surface area (TPSA) is 144 Å². The van der Waals surface area contributed by atoms with Gasteiger partial charge in [-0.1, -0.05) is 30.5 Å². The molecule has 5 aromatic rings. The van der Waals surface area contributed by atoms with Gasteiger partial charge in [-0.05, 0) is 67.0 Å². The Labute approximate surface area is 325 Å². The molecular weight excluding hydrogens is 807 g/mol. The normalized spacial score (nSPS) is 18.0. The number of halogens is 8. The van der Waals surface area contributed by atoms with Gasteiger partial charge in [0.1, 0.15) is 35.7 Å². The van der Waals surface area contributed by atoms with Crippen molar-refractivity contribution in [3.8, 4) is 23.0 Å². The van der Waals surface area contributed by atoms with E-state index < -0.39 is 93.6 Å². The number of fused-ring (bicyclic) bond motifs is 4. The number of rotatable bonds is 10. The quantitative estimate of drug-likeness (QED) is 0.107. The summed E-state index contributed by atoms with van der Waals surface area (Å²) in [5, 5.41) is 20.7. The molecule has 1 unspecified atom stereocenters. The number of nitrogens with one attached hydrogen (secondary N) is 2. The Kier molecular flexibility index (Phi) is 10.1. The largest absolute Gasteiger partial charge is 0.435 e. The number of alkyl halides is 5. The number of aliphatic hydroxyl groups is 1. The molecule has 0 spiro atoms. The Hall–Kier alpha value is -5.19. The molecule has 2 aliphatic carbocycles. The first kappa shape index (κ1) is 40.0. The lowest BCUT2D eigenvalue weighted by molar-refractivity contribution is -0.142. The third kappa shape index (κ3) is 7.77. The highest BCUT2D eigenvalue weighted by molar-refractivity contribution is 7.92. The maximum Gasteiger partial charge on any atom is 0.435 e. The number of aliphatic hydroxyl groups excluding tert-OH is 1. The summed E-state index contributed by atoms with van der Waals surface area (Å²) < 4.78 is 130. The number of sulfonamides is 1. The zero-order chi connectivity index (χ0) is 41.4. The summed E-state index contributed by atoms with van der Waals surface area (Å²) in [7, 11) is -2.35. The van der Waals surface area contributed by atoms with E-state index in [-0.39, 0.29) is 57.1 Å². The summed E-state index contributed by atoms with van der Waals surface area (Å²) in [6, 6.07) is 7.18. The van der Waals surface area contributed by atoms with Crippen LogP contribution < -0.4 is 10.0 Å². The molecule has 57 heavy (non-hydrogen) atoms. The predicted molar refractivity (Wildman–Crippen MR) is 194 cm³/mol. The third-order valence-electron chi connectivity index (χ3n) is 9.71. The SMILES string of the molecule is CCC(O)C#Cc1ccc(-c2ccc(Cl)c3c(NS(C)(=O)=O)nn(C)c23)c([C@H](Cc2cc(F)cc(F)c2)NC(=O)Cn2nc(C(F)(F)F)c3c2C(F)(F)[C@@H]2C[C@H]32)n1. The van der Waals surface area contributed by atoms with Crippen LogP contribution >= 0.6 is 11.6 Å². The van der Waals surface area contributed by atoms with Crippen molar-refractivity contribution in [2.24, 2.45) is 13.0 Å². The van der Waals surface area contributed by atoms with Gasteiger partial charge < -0.3 is 10.4 Å². The van der Waals surface area contributed by atoms with E-state index in [1.165, 1.54) is 29.9 Å². The first-order chi connectivity index (χ1) is 26.7. The van der Waals surface area contributed by atoms with Gasteiger partial charge in [0, 0.05) is 35.7 Å². The van der Waals surface area contributed by atoms with E-state index in [1.807, 2.05) is 0 Å². The average Bonchev–Trinajstić information content (AvgIpc) is 3.64. The number of hydrogen-bond donors (Lipinski definition) is 3. The summed E-state index contributed by atoms with van der Waals surface area (Å²) >= 11 is 6.55. The Morgan fingerprint density at radius 1 is 1.11 bits per heavy atom. The van der Waals surface area contributed by atoms with Gasteiger partial charge in [-0.15, -0.1) is 0 Å². The van der Waals surface area contributed by atoms with Gasteiger partial charge in [0.2, 0.25) is 15.9 Å². The number of aromatic nitrogens is 5. The molecule has 0 bridgehead atoms. The molecule has 3 aromatic heterocycles. The number of carbonyl (C=O) groups is 1. The molecule has 11 nitrogen and oxygen atoms in total. The first-order valence-corrected chi connectivity index (χ1v) is 19.6. The Morgan fingerprint density at radius 2 is 1.79 bits per heavy atom. The van der Waals surface area contributed by atoms with Crippen molar-refractivity contribution >= 4 is 44.3 Å². The number of hydrogen-bond acceptors (Lipinski definition) is 7. The van der Waals surface area contributed by atoms with Gasteiger partial charge in [-0.2, -0.15) is 32.1 Å². The zero-order valence-corrected chi connectivity index (χ0v) is 31.6. The molecule has 2 aromatic carbocycles. The van der Waals surface area contributed by atoms with Crippen LogP contribution in [0.1, 0.15) is 65.6 Å². The van der Waals surface area contributed by atoms with Crippen molar-refractivity contribution < 1.29 is 49.1 Å². The van der Waals surface area contributed by atoms with Crippen LogP contribution in [0.3, 0.4) is 0 Å². The molecule has 2 aliphatic rings. The minimum atomic E-state index is -5.08. The van der Waals surface area contributed by atoms with Crippen LogP contribution in [0.2, 0.25) is 5.02 Å². The number of benzene rings is 2. The number of aryl methyl sites for hydroxylation is 1. The van der Waals surface area contributed by atoms with Crippen LogP contribution in [0, 0.1) is 29.4 Å².